The van der Waals surface area contributed by atoms with E-state index in [-0.39, 0.29) is 17.3 Å². The second-order valence-electron chi connectivity index (χ2n) is 9.21. The van der Waals surface area contributed by atoms with Gasteiger partial charge in [0.1, 0.15) is 5.75 Å². The van der Waals surface area contributed by atoms with E-state index in [0.29, 0.717) is 19.1 Å². The molecule has 1 aliphatic carbocycles. The van der Waals surface area contributed by atoms with Gasteiger partial charge in [0, 0.05) is 28.8 Å². The summed E-state index contributed by atoms with van der Waals surface area (Å²) in [5.41, 5.74) is 1.64. The predicted molar refractivity (Wildman–Crippen MR) is 130 cm³/mol. The first-order chi connectivity index (χ1) is 15.5. The molecule has 2 fully saturated rings. The Morgan fingerprint density at radius 2 is 1.81 bits per heavy atom. The SMILES string of the molecule is CCOc1ccc(Br)c(CC2CCN(Cc3cc(=O)n(C4CCCCC4)c(=O)[nH]3)CC2)c1. The van der Waals surface area contributed by atoms with Gasteiger partial charge in [0.2, 0.25) is 0 Å². The number of halogens is 1. The van der Waals surface area contributed by atoms with Crippen LogP contribution in [0.3, 0.4) is 0 Å². The molecule has 4 rings (SSSR count). The van der Waals surface area contributed by atoms with Crippen molar-refractivity contribution in [3.05, 3.63) is 60.8 Å². The monoisotopic (exact) mass is 503 g/mol. The summed E-state index contributed by atoms with van der Waals surface area (Å²) >= 11 is 3.68. The highest BCUT2D eigenvalue weighted by Crippen LogP contribution is 2.29. The fourth-order valence-corrected chi connectivity index (χ4v) is 5.60. The molecule has 1 aromatic carbocycles. The number of aromatic amines is 1. The van der Waals surface area contributed by atoms with Gasteiger partial charge < -0.3 is 9.72 Å². The Morgan fingerprint density at radius 3 is 2.50 bits per heavy atom. The number of nitrogens with zero attached hydrogens (tertiary/aromatic N) is 2. The van der Waals surface area contributed by atoms with Gasteiger partial charge in [0.05, 0.1) is 6.61 Å². The average molecular weight is 504 g/mol. The summed E-state index contributed by atoms with van der Waals surface area (Å²) in [6, 6.07) is 7.92. The topological polar surface area (TPSA) is 67.3 Å². The molecule has 32 heavy (non-hydrogen) atoms. The lowest BCUT2D eigenvalue weighted by Crippen LogP contribution is -2.40. The lowest BCUT2D eigenvalue weighted by Gasteiger charge is -2.32. The zero-order valence-electron chi connectivity index (χ0n) is 18.9. The van der Waals surface area contributed by atoms with E-state index >= 15 is 0 Å². The fraction of sp³-hybridized carbons (Fsp3) is 0.600. The van der Waals surface area contributed by atoms with Crippen LogP contribution in [-0.2, 0) is 13.0 Å². The minimum Gasteiger partial charge on any atom is -0.494 e. The Balaban J connectivity index is 1.34. The molecular weight excluding hydrogens is 470 g/mol. The molecule has 0 spiro atoms. The zero-order chi connectivity index (χ0) is 22.5. The Hall–Kier alpha value is -1.86. The van der Waals surface area contributed by atoms with Gasteiger partial charge in [0.25, 0.3) is 5.56 Å². The van der Waals surface area contributed by atoms with Crippen molar-refractivity contribution < 1.29 is 4.74 Å². The molecule has 1 saturated carbocycles. The number of nitrogens with one attached hydrogen (secondary N) is 1. The third-order valence-corrected chi connectivity index (χ3v) is 7.67. The lowest BCUT2D eigenvalue weighted by atomic mass is 9.90. The highest BCUT2D eigenvalue weighted by atomic mass is 79.9. The molecule has 6 nitrogen and oxygen atoms in total. The predicted octanol–water partition coefficient (Wildman–Crippen LogP) is 4.66. The number of aromatic nitrogens is 2. The maximum Gasteiger partial charge on any atom is 0.328 e. The van der Waals surface area contributed by atoms with Crippen LogP contribution in [-0.4, -0.2) is 34.1 Å². The van der Waals surface area contributed by atoms with Crippen LogP contribution >= 0.6 is 15.9 Å². The zero-order valence-corrected chi connectivity index (χ0v) is 20.5. The standard InChI is InChI=1S/C25H34BrN3O3/c1-2-32-22-8-9-23(26)19(15-22)14-18-10-12-28(13-11-18)17-20-16-24(30)29(25(31)27-20)21-6-4-3-5-7-21/h8-9,15-16,18,21H,2-7,10-14,17H2,1H3,(H,27,31). The molecule has 1 N–H and O–H groups in total. The number of rotatable bonds is 7. The first kappa shape index (κ1) is 23.3. The van der Waals surface area contributed by atoms with E-state index in [9.17, 15) is 9.59 Å². The van der Waals surface area contributed by atoms with Crippen molar-refractivity contribution in [2.75, 3.05) is 19.7 Å². The van der Waals surface area contributed by atoms with Crippen LogP contribution in [0.15, 0.2) is 38.3 Å². The number of likely N-dealkylation sites (tertiary alicyclic amines) is 1. The fourth-order valence-electron chi connectivity index (χ4n) is 5.19. The van der Waals surface area contributed by atoms with E-state index in [0.717, 1.165) is 74.0 Å². The third kappa shape index (κ3) is 5.73. The van der Waals surface area contributed by atoms with Gasteiger partial charge in [-0.3, -0.25) is 14.3 Å². The Kier molecular flexibility index (Phi) is 7.89. The minimum absolute atomic E-state index is 0.0605. The number of hydrogen-bond donors (Lipinski definition) is 1. The Morgan fingerprint density at radius 1 is 1.06 bits per heavy atom. The maximum absolute atomic E-state index is 12.7. The van der Waals surface area contributed by atoms with Crippen molar-refractivity contribution >= 4 is 15.9 Å². The van der Waals surface area contributed by atoms with E-state index in [4.69, 9.17) is 4.74 Å². The molecule has 1 saturated heterocycles. The molecule has 174 valence electrons. The average Bonchev–Trinajstić information content (AvgIpc) is 2.78. The van der Waals surface area contributed by atoms with E-state index in [1.807, 2.05) is 13.0 Å². The molecule has 1 aliphatic heterocycles. The molecular formula is C25H34BrN3O3. The van der Waals surface area contributed by atoms with Crippen molar-refractivity contribution in [1.82, 2.24) is 14.5 Å². The Bertz CT molecular complexity index is 987. The largest absolute Gasteiger partial charge is 0.494 e. The van der Waals surface area contributed by atoms with Crippen molar-refractivity contribution in [2.45, 2.75) is 70.9 Å². The second kappa shape index (κ2) is 10.8. The number of piperidine rings is 1. The smallest absolute Gasteiger partial charge is 0.328 e. The van der Waals surface area contributed by atoms with Crippen LogP contribution in [0.25, 0.3) is 0 Å². The van der Waals surface area contributed by atoms with Gasteiger partial charge in [-0.1, -0.05) is 35.2 Å². The first-order valence-electron chi connectivity index (χ1n) is 12.0. The molecule has 0 unspecified atom stereocenters. The van der Waals surface area contributed by atoms with Gasteiger partial charge in [-0.05, 0) is 81.8 Å². The highest BCUT2D eigenvalue weighted by Gasteiger charge is 2.22. The lowest BCUT2D eigenvalue weighted by molar-refractivity contribution is 0.174. The summed E-state index contributed by atoms with van der Waals surface area (Å²) in [4.78, 5) is 30.6. The van der Waals surface area contributed by atoms with Gasteiger partial charge in [-0.15, -0.1) is 0 Å². The molecule has 2 aliphatic rings. The maximum atomic E-state index is 12.7. The molecule has 2 heterocycles. The number of benzene rings is 1. The summed E-state index contributed by atoms with van der Waals surface area (Å²) in [7, 11) is 0. The van der Waals surface area contributed by atoms with Gasteiger partial charge in [0.15, 0.2) is 0 Å². The van der Waals surface area contributed by atoms with Crippen molar-refractivity contribution in [1.29, 1.82) is 0 Å². The summed E-state index contributed by atoms with van der Waals surface area (Å²) in [5.74, 6) is 1.55. The minimum atomic E-state index is -0.242. The molecule has 1 aromatic heterocycles. The van der Waals surface area contributed by atoms with E-state index in [1.54, 1.807) is 6.07 Å². The van der Waals surface area contributed by atoms with Crippen LogP contribution in [0.1, 0.15) is 69.2 Å². The van der Waals surface area contributed by atoms with Crippen LogP contribution in [0.2, 0.25) is 0 Å². The number of hydrogen-bond acceptors (Lipinski definition) is 4. The third-order valence-electron chi connectivity index (χ3n) is 6.90. The molecule has 0 amide bonds. The molecule has 0 bridgehead atoms. The van der Waals surface area contributed by atoms with Crippen LogP contribution < -0.4 is 16.0 Å². The van der Waals surface area contributed by atoms with Crippen molar-refractivity contribution in [3.63, 3.8) is 0 Å². The molecule has 0 radical (unpaired) electrons. The van der Waals surface area contributed by atoms with Gasteiger partial charge in [-0.2, -0.15) is 0 Å². The quantitative estimate of drug-likeness (QED) is 0.596. The van der Waals surface area contributed by atoms with Crippen LogP contribution in [0.5, 0.6) is 5.75 Å². The summed E-state index contributed by atoms with van der Waals surface area (Å²) in [5, 5.41) is 0. The number of ether oxygens (including phenoxy) is 1. The van der Waals surface area contributed by atoms with Crippen LogP contribution in [0, 0.1) is 5.92 Å². The van der Waals surface area contributed by atoms with Gasteiger partial charge in [-0.25, -0.2) is 4.79 Å². The molecule has 2 aromatic rings. The van der Waals surface area contributed by atoms with Gasteiger partial charge >= 0.3 is 5.69 Å². The van der Waals surface area contributed by atoms with Crippen molar-refractivity contribution in [3.8, 4) is 5.75 Å². The molecule has 7 heteroatoms. The van der Waals surface area contributed by atoms with Crippen molar-refractivity contribution in [2.24, 2.45) is 5.92 Å². The number of H-pyrrole nitrogens is 1. The van der Waals surface area contributed by atoms with E-state index in [2.05, 4.69) is 37.9 Å². The highest BCUT2D eigenvalue weighted by molar-refractivity contribution is 9.10. The molecule has 0 atom stereocenters. The second-order valence-corrected chi connectivity index (χ2v) is 10.1. The summed E-state index contributed by atoms with van der Waals surface area (Å²) < 4.78 is 8.24. The summed E-state index contributed by atoms with van der Waals surface area (Å²) in [6.07, 6.45) is 8.50. The first-order valence-corrected chi connectivity index (χ1v) is 12.8. The van der Waals surface area contributed by atoms with Crippen LogP contribution in [0.4, 0.5) is 0 Å². The van der Waals surface area contributed by atoms with E-state index < -0.39 is 0 Å². The Labute approximate surface area is 198 Å². The van der Waals surface area contributed by atoms with E-state index in [1.165, 1.54) is 16.6 Å². The normalized spacial score (nSPS) is 18.7. The summed E-state index contributed by atoms with van der Waals surface area (Å²) in [6.45, 7) is 5.25.